The monoisotopic (exact) mass is 341 g/mol. The van der Waals surface area contributed by atoms with Crippen LogP contribution in [0.2, 0.25) is 0 Å². The Bertz CT molecular complexity index is 721. The molecule has 0 amide bonds. The van der Waals surface area contributed by atoms with E-state index in [1.165, 1.54) is 9.75 Å². The fourth-order valence-corrected chi connectivity index (χ4v) is 3.78. The van der Waals surface area contributed by atoms with Gasteiger partial charge in [0.15, 0.2) is 0 Å². The highest BCUT2D eigenvalue weighted by Crippen LogP contribution is 2.19. The largest absolute Gasteiger partial charge is 0.468 e. The summed E-state index contributed by atoms with van der Waals surface area (Å²) in [5, 5.41) is 10.5. The number of rotatable bonds is 8. The zero-order valence-electron chi connectivity index (χ0n) is 13.9. The molecular weight excluding hydrogens is 318 g/mol. The van der Waals surface area contributed by atoms with E-state index < -0.39 is 6.10 Å². The van der Waals surface area contributed by atoms with Gasteiger partial charge in [-0.15, -0.1) is 11.3 Å². The molecular formula is C20H23NO2S. The number of nitrogens with zero attached hydrogens (tertiary/aromatic N) is 1. The zero-order chi connectivity index (χ0) is 16.8. The first kappa shape index (κ1) is 17.0. The predicted octanol–water partition coefficient (Wildman–Crippen LogP) is 4.26. The Morgan fingerprint density at radius 2 is 1.88 bits per heavy atom. The Labute approximate surface area is 147 Å². The Morgan fingerprint density at radius 1 is 1.04 bits per heavy atom. The molecule has 0 aliphatic rings. The number of hydrogen-bond donors (Lipinski definition) is 1. The molecule has 24 heavy (non-hydrogen) atoms. The molecule has 126 valence electrons. The van der Waals surface area contributed by atoms with E-state index in [9.17, 15) is 5.11 Å². The quantitative estimate of drug-likeness (QED) is 0.665. The molecule has 1 aromatic carbocycles. The second-order valence-electron chi connectivity index (χ2n) is 6.10. The molecule has 3 aromatic rings. The number of hydrogen-bond acceptors (Lipinski definition) is 4. The second-order valence-corrected chi connectivity index (χ2v) is 7.48. The van der Waals surface area contributed by atoms with Gasteiger partial charge in [-0.25, -0.2) is 0 Å². The average molecular weight is 341 g/mol. The minimum absolute atomic E-state index is 0.400. The maximum Gasteiger partial charge on any atom is 0.117 e. The van der Waals surface area contributed by atoms with Gasteiger partial charge in [0.1, 0.15) is 5.76 Å². The van der Waals surface area contributed by atoms with E-state index in [0.717, 1.165) is 17.9 Å². The summed E-state index contributed by atoms with van der Waals surface area (Å²) < 4.78 is 5.49. The van der Waals surface area contributed by atoms with Gasteiger partial charge in [0.25, 0.3) is 0 Å². The van der Waals surface area contributed by atoms with E-state index in [0.29, 0.717) is 19.5 Å². The molecule has 1 atom stereocenters. The topological polar surface area (TPSA) is 36.6 Å². The van der Waals surface area contributed by atoms with Crippen molar-refractivity contribution in [3.63, 3.8) is 0 Å². The third-order valence-electron chi connectivity index (χ3n) is 3.92. The first-order valence-electron chi connectivity index (χ1n) is 8.21. The Balaban J connectivity index is 1.64. The molecule has 0 aliphatic carbocycles. The zero-order valence-corrected chi connectivity index (χ0v) is 14.7. The third-order valence-corrected chi connectivity index (χ3v) is 4.90. The smallest absolute Gasteiger partial charge is 0.117 e. The molecule has 0 saturated carbocycles. The number of benzene rings is 1. The van der Waals surface area contributed by atoms with Gasteiger partial charge < -0.3 is 9.52 Å². The third kappa shape index (κ3) is 5.06. The van der Waals surface area contributed by atoms with E-state index >= 15 is 0 Å². The maximum absolute atomic E-state index is 10.5. The first-order valence-corrected chi connectivity index (χ1v) is 9.03. The molecule has 2 heterocycles. The van der Waals surface area contributed by atoms with Crippen LogP contribution >= 0.6 is 11.3 Å². The van der Waals surface area contributed by atoms with Crippen molar-refractivity contribution in [2.45, 2.75) is 32.5 Å². The van der Waals surface area contributed by atoms with Crippen LogP contribution in [0.15, 0.2) is 65.3 Å². The highest BCUT2D eigenvalue weighted by atomic mass is 32.1. The van der Waals surface area contributed by atoms with Crippen LogP contribution in [0.4, 0.5) is 0 Å². The summed E-state index contributed by atoms with van der Waals surface area (Å²) in [6.07, 6.45) is 1.96. The van der Waals surface area contributed by atoms with E-state index in [1.54, 1.807) is 17.6 Å². The summed E-state index contributed by atoms with van der Waals surface area (Å²) in [5.41, 5.74) is 1.16. The Hall–Kier alpha value is -1.88. The van der Waals surface area contributed by atoms with Gasteiger partial charge in [0.2, 0.25) is 0 Å². The fraction of sp³-hybridized carbons (Fsp3) is 0.300. The normalized spacial score (nSPS) is 12.6. The molecule has 0 aliphatic heterocycles. The van der Waals surface area contributed by atoms with E-state index in [-0.39, 0.29) is 0 Å². The second kappa shape index (κ2) is 8.29. The maximum atomic E-state index is 10.5. The van der Waals surface area contributed by atoms with Crippen LogP contribution in [0.25, 0.3) is 0 Å². The molecule has 0 unspecified atom stereocenters. The van der Waals surface area contributed by atoms with Crippen molar-refractivity contribution < 1.29 is 9.52 Å². The molecule has 4 heteroatoms. The molecule has 0 bridgehead atoms. The summed E-state index contributed by atoms with van der Waals surface area (Å²) in [4.78, 5) is 4.87. The van der Waals surface area contributed by atoms with Crippen LogP contribution in [0.5, 0.6) is 0 Å². The van der Waals surface area contributed by atoms with E-state index in [4.69, 9.17) is 4.42 Å². The number of furan rings is 1. The van der Waals surface area contributed by atoms with Crippen LogP contribution in [-0.4, -0.2) is 22.7 Å². The predicted molar refractivity (Wildman–Crippen MR) is 98.0 cm³/mol. The van der Waals surface area contributed by atoms with Gasteiger partial charge in [-0.05, 0) is 43.2 Å². The summed E-state index contributed by atoms with van der Waals surface area (Å²) in [6.45, 7) is 4.27. The summed E-state index contributed by atoms with van der Waals surface area (Å²) in [7, 11) is 0. The van der Waals surface area contributed by atoms with Crippen molar-refractivity contribution in [2.24, 2.45) is 0 Å². The standard InChI is InChI=1S/C20H23NO2S/c1-16-9-10-20(24-16)15-21(14-19-8-5-11-23-19)13-18(22)12-17-6-3-2-4-7-17/h2-11,18,22H,12-15H2,1H3/t18-/m1/s1. The van der Waals surface area contributed by atoms with Crippen LogP contribution in [0.1, 0.15) is 21.1 Å². The van der Waals surface area contributed by atoms with Gasteiger partial charge in [0.05, 0.1) is 18.9 Å². The van der Waals surface area contributed by atoms with Crippen LogP contribution in [0.3, 0.4) is 0 Å². The van der Waals surface area contributed by atoms with Crippen LogP contribution in [-0.2, 0) is 19.5 Å². The van der Waals surface area contributed by atoms with Crippen molar-refractivity contribution in [2.75, 3.05) is 6.54 Å². The molecule has 3 nitrogen and oxygen atoms in total. The van der Waals surface area contributed by atoms with Gasteiger partial charge in [-0.2, -0.15) is 0 Å². The number of aliphatic hydroxyl groups is 1. The lowest BCUT2D eigenvalue weighted by Crippen LogP contribution is -2.32. The molecule has 1 N–H and O–H groups in total. The Morgan fingerprint density at radius 3 is 2.54 bits per heavy atom. The summed E-state index contributed by atoms with van der Waals surface area (Å²) in [5.74, 6) is 0.926. The van der Waals surface area contributed by atoms with Gasteiger partial charge >= 0.3 is 0 Å². The molecule has 0 fully saturated rings. The molecule has 2 aromatic heterocycles. The average Bonchev–Trinajstić information content (AvgIpc) is 3.20. The van der Waals surface area contributed by atoms with Gasteiger partial charge in [-0.1, -0.05) is 30.3 Å². The minimum Gasteiger partial charge on any atom is -0.468 e. The van der Waals surface area contributed by atoms with Crippen LogP contribution in [0, 0.1) is 6.92 Å². The number of thiophene rings is 1. The lowest BCUT2D eigenvalue weighted by molar-refractivity contribution is 0.101. The molecule has 3 rings (SSSR count). The highest BCUT2D eigenvalue weighted by Gasteiger charge is 2.15. The van der Waals surface area contributed by atoms with Gasteiger partial charge in [0, 0.05) is 22.8 Å². The molecule has 0 saturated heterocycles. The van der Waals surface area contributed by atoms with Crippen molar-refractivity contribution in [1.29, 1.82) is 0 Å². The van der Waals surface area contributed by atoms with Crippen molar-refractivity contribution >= 4 is 11.3 Å². The van der Waals surface area contributed by atoms with Crippen molar-refractivity contribution in [3.05, 3.63) is 81.9 Å². The summed E-state index contributed by atoms with van der Waals surface area (Å²) in [6, 6.07) is 18.3. The van der Waals surface area contributed by atoms with E-state index in [2.05, 4.69) is 36.1 Å². The first-order chi connectivity index (χ1) is 11.7. The van der Waals surface area contributed by atoms with E-state index in [1.807, 2.05) is 30.3 Å². The lowest BCUT2D eigenvalue weighted by atomic mass is 10.1. The Kier molecular flexibility index (Phi) is 5.86. The number of aliphatic hydroxyl groups excluding tert-OH is 1. The number of aryl methyl sites for hydroxylation is 1. The van der Waals surface area contributed by atoms with Crippen molar-refractivity contribution in [3.8, 4) is 0 Å². The van der Waals surface area contributed by atoms with Gasteiger partial charge in [-0.3, -0.25) is 4.90 Å². The van der Waals surface area contributed by atoms with Crippen molar-refractivity contribution in [1.82, 2.24) is 4.90 Å². The molecule has 0 radical (unpaired) electrons. The SMILES string of the molecule is Cc1ccc(CN(Cc2ccco2)C[C@H](O)Cc2ccccc2)s1. The van der Waals surface area contributed by atoms with Crippen LogP contribution < -0.4 is 0 Å². The fourth-order valence-electron chi connectivity index (χ4n) is 2.85. The molecule has 0 spiro atoms. The highest BCUT2D eigenvalue weighted by molar-refractivity contribution is 7.11. The minimum atomic E-state index is -0.400. The summed E-state index contributed by atoms with van der Waals surface area (Å²) >= 11 is 1.81. The lowest BCUT2D eigenvalue weighted by Gasteiger charge is -2.24.